The average molecular weight is 298 g/mol. The van der Waals surface area contributed by atoms with E-state index in [-0.39, 0.29) is 6.42 Å². The first-order chi connectivity index (χ1) is 9.65. The Labute approximate surface area is 120 Å². The molecule has 20 heavy (non-hydrogen) atoms. The lowest BCUT2D eigenvalue weighted by Gasteiger charge is -2.16. The van der Waals surface area contributed by atoms with Crippen molar-refractivity contribution in [2.45, 2.75) is 18.9 Å². The van der Waals surface area contributed by atoms with E-state index in [4.69, 9.17) is 5.11 Å². The number of urea groups is 1. The van der Waals surface area contributed by atoms with Gasteiger partial charge >= 0.3 is 12.0 Å². The van der Waals surface area contributed by atoms with Crippen LogP contribution in [0.4, 0.5) is 4.79 Å². The van der Waals surface area contributed by atoms with Gasteiger partial charge in [0.2, 0.25) is 0 Å². The number of carboxylic acid groups (broad SMARTS) is 1. The van der Waals surface area contributed by atoms with Crippen LogP contribution >= 0.6 is 11.8 Å². The first-order valence-corrected chi connectivity index (χ1v) is 7.63. The second-order valence-corrected chi connectivity index (χ2v) is 5.91. The Kier molecular flexibility index (Phi) is 5.28. The second-order valence-electron chi connectivity index (χ2n) is 4.76. The predicted molar refractivity (Wildman–Crippen MR) is 75.7 cm³/mol. The minimum atomic E-state index is -1.06. The lowest BCUT2D eigenvalue weighted by Crippen LogP contribution is -2.48. The Bertz CT molecular complexity index is 446. The number of H-pyrrole nitrogens is 1. The van der Waals surface area contributed by atoms with Crippen LogP contribution in [-0.4, -0.2) is 51.2 Å². The third-order valence-electron chi connectivity index (χ3n) is 3.16. The van der Waals surface area contributed by atoms with Crippen LogP contribution in [0, 0.1) is 5.92 Å². The van der Waals surface area contributed by atoms with Gasteiger partial charge in [0.15, 0.2) is 0 Å². The number of imidazole rings is 1. The summed E-state index contributed by atoms with van der Waals surface area (Å²) in [5, 5.41) is 14.3. The van der Waals surface area contributed by atoms with Gasteiger partial charge in [-0.1, -0.05) is 0 Å². The zero-order valence-corrected chi connectivity index (χ0v) is 11.8. The van der Waals surface area contributed by atoms with Crippen LogP contribution < -0.4 is 10.6 Å². The smallest absolute Gasteiger partial charge is 0.326 e. The topological polar surface area (TPSA) is 107 Å². The standard InChI is InChI=1S/C12H18N4O3S/c17-11(18)10(3-9-5-13-7-15-9)16-12(19)14-4-8-1-2-20-6-8/h5,7-8,10H,1-4,6H2,(H,13,15)(H,17,18)(H2,14,16,19)/t8?,10-/m0/s1. The van der Waals surface area contributed by atoms with E-state index >= 15 is 0 Å². The molecule has 1 aliphatic heterocycles. The maximum atomic E-state index is 11.7. The molecule has 1 saturated heterocycles. The maximum absolute atomic E-state index is 11.7. The van der Waals surface area contributed by atoms with E-state index < -0.39 is 18.0 Å². The zero-order chi connectivity index (χ0) is 14.4. The van der Waals surface area contributed by atoms with Crippen LogP contribution in [0.15, 0.2) is 12.5 Å². The van der Waals surface area contributed by atoms with Crippen molar-refractivity contribution in [3.05, 3.63) is 18.2 Å². The number of nitrogens with zero attached hydrogens (tertiary/aromatic N) is 1. The highest BCUT2D eigenvalue weighted by Gasteiger charge is 2.22. The number of amides is 2. The average Bonchev–Trinajstić information content (AvgIpc) is 3.08. The predicted octanol–water partition coefficient (Wildman–Crippen LogP) is 0.458. The Balaban J connectivity index is 1.78. The highest BCUT2D eigenvalue weighted by atomic mass is 32.2. The lowest BCUT2D eigenvalue weighted by atomic mass is 10.1. The van der Waals surface area contributed by atoms with Crippen molar-refractivity contribution < 1.29 is 14.7 Å². The summed E-state index contributed by atoms with van der Waals surface area (Å²) in [7, 11) is 0. The van der Waals surface area contributed by atoms with Gasteiger partial charge in [0, 0.05) is 24.9 Å². The fraction of sp³-hybridized carbons (Fsp3) is 0.583. The van der Waals surface area contributed by atoms with Gasteiger partial charge in [-0.3, -0.25) is 0 Å². The number of aromatic nitrogens is 2. The van der Waals surface area contributed by atoms with E-state index in [9.17, 15) is 9.59 Å². The van der Waals surface area contributed by atoms with Gasteiger partial charge in [-0.15, -0.1) is 0 Å². The van der Waals surface area contributed by atoms with Gasteiger partial charge in [0.1, 0.15) is 6.04 Å². The minimum Gasteiger partial charge on any atom is -0.480 e. The minimum absolute atomic E-state index is 0.183. The molecule has 1 unspecified atom stereocenters. The zero-order valence-electron chi connectivity index (χ0n) is 11.0. The molecule has 0 radical (unpaired) electrons. The van der Waals surface area contributed by atoms with Crippen LogP contribution in [0.2, 0.25) is 0 Å². The fourth-order valence-electron chi connectivity index (χ4n) is 2.01. The molecule has 0 aliphatic carbocycles. The van der Waals surface area contributed by atoms with E-state index in [1.54, 1.807) is 6.20 Å². The number of nitrogens with one attached hydrogen (secondary N) is 3. The second kappa shape index (κ2) is 7.18. The summed E-state index contributed by atoms with van der Waals surface area (Å²) in [5.41, 5.74) is 0.671. The van der Waals surface area contributed by atoms with E-state index in [0.717, 1.165) is 17.9 Å². The first kappa shape index (κ1) is 14.7. The molecule has 0 saturated carbocycles. The number of aromatic amines is 1. The summed E-state index contributed by atoms with van der Waals surface area (Å²) >= 11 is 1.88. The molecule has 1 aromatic heterocycles. The molecule has 0 aromatic carbocycles. The van der Waals surface area contributed by atoms with Gasteiger partial charge in [-0.05, 0) is 23.8 Å². The molecular weight excluding hydrogens is 280 g/mol. The molecule has 0 bridgehead atoms. The third-order valence-corrected chi connectivity index (χ3v) is 4.39. The largest absolute Gasteiger partial charge is 0.480 e. The molecule has 2 rings (SSSR count). The van der Waals surface area contributed by atoms with Crippen molar-refractivity contribution in [1.82, 2.24) is 20.6 Å². The maximum Gasteiger partial charge on any atom is 0.326 e. The van der Waals surface area contributed by atoms with Crippen LogP contribution in [0.5, 0.6) is 0 Å². The summed E-state index contributed by atoms with van der Waals surface area (Å²) in [6.45, 7) is 0.592. The molecule has 1 aromatic rings. The molecule has 2 atom stereocenters. The number of hydrogen-bond donors (Lipinski definition) is 4. The van der Waals surface area contributed by atoms with Gasteiger partial charge in [-0.2, -0.15) is 11.8 Å². The molecule has 2 amide bonds. The molecular formula is C12H18N4O3S. The Hall–Kier alpha value is -1.70. The Morgan fingerprint density at radius 3 is 3.05 bits per heavy atom. The van der Waals surface area contributed by atoms with Crippen molar-refractivity contribution in [2.75, 3.05) is 18.1 Å². The van der Waals surface area contributed by atoms with Crippen molar-refractivity contribution in [1.29, 1.82) is 0 Å². The highest BCUT2D eigenvalue weighted by molar-refractivity contribution is 7.99. The van der Waals surface area contributed by atoms with Gasteiger partial charge < -0.3 is 20.7 Å². The van der Waals surface area contributed by atoms with E-state index in [1.165, 1.54) is 6.33 Å². The quantitative estimate of drug-likeness (QED) is 0.610. The molecule has 110 valence electrons. The SMILES string of the molecule is O=C(NCC1CCSC1)N[C@@H](Cc1cnc[nH]1)C(=O)O. The third kappa shape index (κ3) is 4.44. The van der Waals surface area contributed by atoms with Crippen molar-refractivity contribution >= 4 is 23.8 Å². The Morgan fingerprint density at radius 2 is 2.45 bits per heavy atom. The Morgan fingerprint density at radius 1 is 1.60 bits per heavy atom. The number of aliphatic carboxylic acids is 1. The van der Waals surface area contributed by atoms with Gasteiger partial charge in [0.25, 0.3) is 0 Å². The molecule has 4 N–H and O–H groups in total. The summed E-state index contributed by atoms with van der Waals surface area (Å²) in [5.74, 6) is 1.61. The number of carboxylic acids is 1. The number of carbonyl (C=O) groups is 2. The normalized spacial score (nSPS) is 19.5. The molecule has 8 heteroatoms. The first-order valence-electron chi connectivity index (χ1n) is 6.47. The molecule has 7 nitrogen and oxygen atoms in total. The van der Waals surface area contributed by atoms with Crippen LogP contribution in [-0.2, 0) is 11.2 Å². The van der Waals surface area contributed by atoms with Gasteiger partial charge in [-0.25, -0.2) is 14.6 Å². The van der Waals surface area contributed by atoms with Crippen molar-refractivity contribution in [2.24, 2.45) is 5.92 Å². The number of thioether (sulfide) groups is 1. The van der Waals surface area contributed by atoms with Crippen LogP contribution in [0.1, 0.15) is 12.1 Å². The van der Waals surface area contributed by atoms with E-state index in [0.29, 0.717) is 18.2 Å². The number of carbonyl (C=O) groups excluding carboxylic acids is 1. The van der Waals surface area contributed by atoms with E-state index in [1.807, 2.05) is 11.8 Å². The highest BCUT2D eigenvalue weighted by Crippen LogP contribution is 2.22. The van der Waals surface area contributed by atoms with Crippen LogP contribution in [0.3, 0.4) is 0 Å². The van der Waals surface area contributed by atoms with Crippen molar-refractivity contribution in [3.63, 3.8) is 0 Å². The van der Waals surface area contributed by atoms with E-state index in [2.05, 4.69) is 20.6 Å². The van der Waals surface area contributed by atoms with Crippen molar-refractivity contribution in [3.8, 4) is 0 Å². The molecule has 1 fully saturated rings. The summed E-state index contributed by atoms with van der Waals surface area (Å²) in [4.78, 5) is 29.5. The molecule has 1 aliphatic rings. The fourth-order valence-corrected chi connectivity index (χ4v) is 3.29. The number of rotatable bonds is 6. The molecule has 0 spiro atoms. The van der Waals surface area contributed by atoms with Crippen LogP contribution in [0.25, 0.3) is 0 Å². The monoisotopic (exact) mass is 298 g/mol. The summed E-state index contributed by atoms with van der Waals surface area (Å²) < 4.78 is 0. The summed E-state index contributed by atoms with van der Waals surface area (Å²) in [6.07, 6.45) is 4.31. The molecule has 2 heterocycles. The van der Waals surface area contributed by atoms with Gasteiger partial charge in [0.05, 0.1) is 6.33 Å². The lowest BCUT2D eigenvalue weighted by molar-refractivity contribution is -0.139. The number of hydrogen-bond acceptors (Lipinski definition) is 4. The summed E-state index contributed by atoms with van der Waals surface area (Å²) in [6, 6.07) is -1.40.